The predicted molar refractivity (Wildman–Crippen MR) is 83.6 cm³/mol. The molecule has 0 atom stereocenters. The molecule has 2 radical (unpaired) electrons. The minimum atomic E-state index is 0.847. The van der Waals surface area contributed by atoms with Crippen LogP contribution in [-0.4, -0.2) is 0 Å². The first-order valence-electron chi connectivity index (χ1n) is 7.56. The normalized spacial score (nSPS) is 12.3. The molecule has 0 aromatic carbocycles. The fourth-order valence-electron chi connectivity index (χ4n) is 1.76. The van der Waals surface area contributed by atoms with Gasteiger partial charge in [0.25, 0.3) is 0 Å². The first kappa shape index (κ1) is 17.2. The Balaban J connectivity index is 3.20. The van der Waals surface area contributed by atoms with Gasteiger partial charge in [-0.05, 0) is 45.4 Å². The summed E-state index contributed by atoms with van der Waals surface area (Å²) in [5.74, 6) is 0. The highest BCUT2D eigenvalue weighted by atomic mass is 13.9. The lowest BCUT2D eigenvalue weighted by Gasteiger charge is -1.97. The van der Waals surface area contributed by atoms with Crippen LogP contribution in [0.2, 0.25) is 0 Å². The van der Waals surface area contributed by atoms with Crippen molar-refractivity contribution >= 4 is 0 Å². The van der Waals surface area contributed by atoms with Gasteiger partial charge < -0.3 is 0 Å². The maximum atomic E-state index is 5.45. The fourth-order valence-corrected chi connectivity index (χ4v) is 1.76. The SMILES string of the molecule is [CH]CCCCCCCC=CCC=CCC=CCC. The quantitative estimate of drug-likeness (QED) is 0.280. The van der Waals surface area contributed by atoms with Crippen molar-refractivity contribution in [2.75, 3.05) is 0 Å². The van der Waals surface area contributed by atoms with Gasteiger partial charge in [0.05, 0.1) is 0 Å². The van der Waals surface area contributed by atoms with Crippen LogP contribution in [0.5, 0.6) is 0 Å². The molecule has 0 bridgehead atoms. The van der Waals surface area contributed by atoms with Gasteiger partial charge in [-0.1, -0.05) is 69.1 Å². The van der Waals surface area contributed by atoms with E-state index in [1.807, 2.05) is 0 Å². The fraction of sp³-hybridized carbons (Fsp3) is 0.611. The molecule has 0 aliphatic heterocycles. The van der Waals surface area contributed by atoms with Gasteiger partial charge in [0.1, 0.15) is 0 Å². The smallest absolute Gasteiger partial charge is 0.0169 e. The molecule has 0 unspecified atom stereocenters. The molecule has 0 aliphatic carbocycles. The lowest BCUT2D eigenvalue weighted by atomic mass is 10.1. The van der Waals surface area contributed by atoms with E-state index in [1.165, 1.54) is 38.5 Å². The van der Waals surface area contributed by atoms with Crippen LogP contribution in [0.15, 0.2) is 36.5 Å². The van der Waals surface area contributed by atoms with Gasteiger partial charge in [-0.25, -0.2) is 0 Å². The summed E-state index contributed by atoms with van der Waals surface area (Å²) >= 11 is 0. The molecule has 0 spiro atoms. The second-order valence-corrected chi connectivity index (χ2v) is 4.64. The van der Waals surface area contributed by atoms with Crippen LogP contribution in [0.1, 0.15) is 71.1 Å². The molecule has 0 heterocycles. The van der Waals surface area contributed by atoms with E-state index in [0.717, 1.165) is 25.7 Å². The molecule has 0 fully saturated rings. The maximum absolute atomic E-state index is 5.45. The van der Waals surface area contributed by atoms with Gasteiger partial charge in [0.15, 0.2) is 0 Å². The van der Waals surface area contributed by atoms with Crippen molar-refractivity contribution < 1.29 is 0 Å². The summed E-state index contributed by atoms with van der Waals surface area (Å²) in [4.78, 5) is 0. The third-order valence-corrected chi connectivity index (χ3v) is 2.85. The van der Waals surface area contributed by atoms with E-state index in [1.54, 1.807) is 0 Å². The molecule has 0 aromatic heterocycles. The topological polar surface area (TPSA) is 0 Å². The zero-order chi connectivity index (χ0) is 13.3. The summed E-state index contributed by atoms with van der Waals surface area (Å²) in [6.07, 6.45) is 25.4. The lowest BCUT2D eigenvalue weighted by Crippen LogP contribution is -1.77. The third-order valence-electron chi connectivity index (χ3n) is 2.85. The van der Waals surface area contributed by atoms with Crippen molar-refractivity contribution in [2.45, 2.75) is 71.1 Å². The Morgan fingerprint density at radius 1 is 0.667 bits per heavy atom. The van der Waals surface area contributed by atoms with E-state index < -0.39 is 0 Å². The Kier molecular flexibility index (Phi) is 15.5. The zero-order valence-electron chi connectivity index (χ0n) is 12.1. The summed E-state index contributed by atoms with van der Waals surface area (Å²) < 4.78 is 0. The second-order valence-electron chi connectivity index (χ2n) is 4.64. The number of unbranched alkanes of at least 4 members (excludes halogenated alkanes) is 6. The summed E-state index contributed by atoms with van der Waals surface area (Å²) in [7, 11) is 0. The van der Waals surface area contributed by atoms with E-state index in [2.05, 4.69) is 43.4 Å². The predicted octanol–water partition coefficient (Wildman–Crippen LogP) is 6.29. The monoisotopic (exact) mass is 246 g/mol. The van der Waals surface area contributed by atoms with Crippen LogP contribution < -0.4 is 0 Å². The highest BCUT2D eigenvalue weighted by Crippen LogP contribution is 2.07. The zero-order valence-corrected chi connectivity index (χ0v) is 12.1. The van der Waals surface area contributed by atoms with Crippen molar-refractivity contribution in [1.82, 2.24) is 0 Å². The van der Waals surface area contributed by atoms with Gasteiger partial charge >= 0.3 is 0 Å². The Bertz CT molecular complexity index is 220. The average Bonchev–Trinajstić information content (AvgIpc) is 2.39. The third kappa shape index (κ3) is 15.2. The summed E-state index contributed by atoms with van der Waals surface area (Å²) in [5.41, 5.74) is 0. The molecule has 0 saturated heterocycles. The molecule has 0 aromatic rings. The van der Waals surface area contributed by atoms with Gasteiger partial charge in [0.2, 0.25) is 0 Å². The molecule has 0 heteroatoms. The Morgan fingerprint density at radius 3 is 1.89 bits per heavy atom. The molecule has 0 amide bonds. The van der Waals surface area contributed by atoms with E-state index in [0.29, 0.717) is 0 Å². The highest BCUT2D eigenvalue weighted by molar-refractivity contribution is 4.96. The van der Waals surface area contributed by atoms with E-state index in [9.17, 15) is 0 Å². The molecular formula is C18H30. The molecule has 0 rings (SSSR count). The van der Waals surface area contributed by atoms with E-state index in [-0.39, 0.29) is 0 Å². The number of rotatable bonds is 12. The minimum absolute atomic E-state index is 0.847. The van der Waals surface area contributed by atoms with Crippen molar-refractivity contribution in [3.63, 3.8) is 0 Å². The van der Waals surface area contributed by atoms with Crippen LogP contribution >= 0.6 is 0 Å². The van der Waals surface area contributed by atoms with Crippen molar-refractivity contribution in [3.8, 4) is 0 Å². The largest absolute Gasteiger partial charge is 0.0885 e. The second kappa shape index (κ2) is 16.2. The Morgan fingerprint density at radius 2 is 1.22 bits per heavy atom. The van der Waals surface area contributed by atoms with Crippen molar-refractivity contribution in [3.05, 3.63) is 43.4 Å². The molecule has 102 valence electrons. The first-order valence-corrected chi connectivity index (χ1v) is 7.56. The first-order chi connectivity index (χ1) is 8.91. The lowest BCUT2D eigenvalue weighted by molar-refractivity contribution is 0.621. The summed E-state index contributed by atoms with van der Waals surface area (Å²) in [6, 6.07) is 0. The average molecular weight is 246 g/mol. The molecule has 0 aliphatic rings. The van der Waals surface area contributed by atoms with Crippen molar-refractivity contribution in [2.24, 2.45) is 0 Å². The number of hydrogen-bond donors (Lipinski definition) is 0. The summed E-state index contributed by atoms with van der Waals surface area (Å²) in [5, 5.41) is 0. The highest BCUT2D eigenvalue weighted by Gasteiger charge is 1.87. The van der Waals surface area contributed by atoms with Crippen LogP contribution in [0.3, 0.4) is 0 Å². The molecule has 0 saturated carbocycles. The van der Waals surface area contributed by atoms with Gasteiger partial charge in [0, 0.05) is 0 Å². The molecule has 18 heavy (non-hydrogen) atoms. The minimum Gasteiger partial charge on any atom is -0.0885 e. The Hall–Kier alpha value is -0.780. The number of hydrogen-bond acceptors (Lipinski definition) is 0. The summed E-state index contributed by atoms with van der Waals surface area (Å²) in [6.45, 7) is 7.62. The van der Waals surface area contributed by atoms with Crippen LogP contribution in [-0.2, 0) is 0 Å². The van der Waals surface area contributed by atoms with Crippen molar-refractivity contribution in [1.29, 1.82) is 0 Å². The molecule has 0 N–H and O–H groups in total. The van der Waals surface area contributed by atoms with Gasteiger partial charge in [-0.3, -0.25) is 0 Å². The molecular weight excluding hydrogens is 216 g/mol. The maximum Gasteiger partial charge on any atom is -0.0169 e. The van der Waals surface area contributed by atoms with Gasteiger partial charge in [-0.2, -0.15) is 0 Å². The van der Waals surface area contributed by atoms with Crippen LogP contribution in [0.4, 0.5) is 0 Å². The number of allylic oxidation sites excluding steroid dienone is 6. The molecule has 0 nitrogen and oxygen atoms in total. The van der Waals surface area contributed by atoms with Crippen LogP contribution in [0, 0.1) is 6.92 Å². The van der Waals surface area contributed by atoms with Gasteiger partial charge in [-0.15, -0.1) is 0 Å². The Labute approximate surface area is 115 Å². The standard InChI is InChI=1S/C18H30/c1-3-5-7-9-11-13-15-17-18-16-14-12-10-8-6-4-2/h1,6,8,12,14,17-18H,3-5,7,9-11,13,15-16H2,2H3. The van der Waals surface area contributed by atoms with Crippen LogP contribution in [0.25, 0.3) is 0 Å². The van der Waals surface area contributed by atoms with E-state index >= 15 is 0 Å². The van der Waals surface area contributed by atoms with E-state index in [4.69, 9.17) is 6.92 Å².